The summed E-state index contributed by atoms with van der Waals surface area (Å²) in [6.45, 7) is 6.06. The molecule has 216 valence electrons. The summed E-state index contributed by atoms with van der Waals surface area (Å²) in [4.78, 5) is 21.8. The van der Waals surface area contributed by atoms with Crippen molar-refractivity contribution in [3.63, 3.8) is 0 Å². The zero-order valence-electron chi connectivity index (χ0n) is 23.8. The van der Waals surface area contributed by atoms with Gasteiger partial charge in [0.05, 0.1) is 38.7 Å². The van der Waals surface area contributed by atoms with Crippen LogP contribution >= 0.6 is 0 Å². The number of carbonyl (C=O) groups is 1. The zero-order valence-corrected chi connectivity index (χ0v) is 23.8. The number of pyridine rings is 2. The summed E-state index contributed by atoms with van der Waals surface area (Å²) in [5, 5.41) is 7.76. The molecular weight excluding hydrogens is 541 g/mol. The van der Waals surface area contributed by atoms with Crippen LogP contribution in [0.3, 0.4) is 0 Å². The minimum Gasteiger partial charge on any atom is -0.493 e. The van der Waals surface area contributed by atoms with Crippen LogP contribution in [0.2, 0.25) is 0 Å². The van der Waals surface area contributed by atoms with Gasteiger partial charge in [0.15, 0.2) is 22.9 Å². The van der Waals surface area contributed by atoms with Gasteiger partial charge in [-0.1, -0.05) is 19.9 Å². The highest BCUT2D eigenvalue weighted by atomic mass is 19.1. The number of halogens is 1. The standard InChI is InChI=1S/C31H30FN5O5/c1-6-41-28-17-37(24-9-7-19(18(2)3)13-22(24)32)36-30(28)31(38)35-29-10-8-20(16-34-29)42-25-11-12-33-23-15-27(40-5)26(39-4)14-21(23)25/h7-18H,6H2,1-5H3,(H,34,35,38). The number of nitrogens with zero attached hydrogens (tertiary/aromatic N) is 4. The molecule has 1 amide bonds. The van der Waals surface area contributed by atoms with Crippen LogP contribution in [0.4, 0.5) is 10.2 Å². The summed E-state index contributed by atoms with van der Waals surface area (Å²) in [6, 6.07) is 13.5. The van der Waals surface area contributed by atoms with Gasteiger partial charge in [-0.3, -0.25) is 9.78 Å². The van der Waals surface area contributed by atoms with E-state index in [-0.39, 0.29) is 28.9 Å². The van der Waals surface area contributed by atoms with Crippen LogP contribution in [0.1, 0.15) is 42.7 Å². The predicted octanol–water partition coefficient (Wildman–Crippen LogP) is 6.54. The van der Waals surface area contributed by atoms with E-state index in [1.54, 1.807) is 63.7 Å². The number of aromatic nitrogens is 4. The average Bonchev–Trinajstić information content (AvgIpc) is 3.41. The fourth-order valence-electron chi connectivity index (χ4n) is 4.32. The van der Waals surface area contributed by atoms with Crippen molar-refractivity contribution in [2.75, 3.05) is 26.1 Å². The van der Waals surface area contributed by atoms with Crippen LogP contribution in [0.25, 0.3) is 16.6 Å². The number of nitrogens with one attached hydrogen (secondary N) is 1. The number of methoxy groups -OCH3 is 2. The number of fused-ring (bicyclic) bond motifs is 1. The number of benzene rings is 2. The van der Waals surface area contributed by atoms with Gasteiger partial charge in [-0.05, 0) is 54.8 Å². The van der Waals surface area contributed by atoms with Crippen LogP contribution in [-0.4, -0.2) is 46.5 Å². The van der Waals surface area contributed by atoms with E-state index in [1.165, 1.54) is 23.1 Å². The smallest absolute Gasteiger partial charge is 0.281 e. The van der Waals surface area contributed by atoms with Crippen molar-refractivity contribution in [3.8, 4) is 34.4 Å². The second kappa shape index (κ2) is 12.1. The topological polar surface area (TPSA) is 110 Å². The van der Waals surface area contributed by atoms with Crippen molar-refractivity contribution < 1.29 is 28.1 Å². The van der Waals surface area contributed by atoms with Crippen molar-refractivity contribution in [2.45, 2.75) is 26.7 Å². The Labute approximate surface area is 242 Å². The molecule has 10 nitrogen and oxygen atoms in total. The first-order valence-electron chi connectivity index (χ1n) is 13.3. The zero-order chi connectivity index (χ0) is 29.8. The highest BCUT2D eigenvalue weighted by Crippen LogP contribution is 2.37. The predicted molar refractivity (Wildman–Crippen MR) is 156 cm³/mol. The third kappa shape index (κ3) is 5.80. The van der Waals surface area contributed by atoms with E-state index in [0.29, 0.717) is 35.1 Å². The molecule has 0 atom stereocenters. The van der Waals surface area contributed by atoms with E-state index in [4.69, 9.17) is 18.9 Å². The fraction of sp³-hybridized carbons (Fsp3) is 0.226. The minimum atomic E-state index is -0.557. The molecule has 0 unspecified atom stereocenters. The molecule has 1 N–H and O–H groups in total. The maximum atomic E-state index is 14.9. The summed E-state index contributed by atoms with van der Waals surface area (Å²) in [7, 11) is 3.12. The second-order valence-corrected chi connectivity index (χ2v) is 9.55. The lowest BCUT2D eigenvalue weighted by molar-refractivity contribution is 0.101. The number of ether oxygens (including phenoxy) is 4. The Hall–Kier alpha value is -5.19. The highest BCUT2D eigenvalue weighted by molar-refractivity contribution is 6.04. The molecule has 0 fully saturated rings. The lowest BCUT2D eigenvalue weighted by Crippen LogP contribution is -2.15. The first-order valence-corrected chi connectivity index (χ1v) is 13.3. The van der Waals surface area contributed by atoms with Gasteiger partial charge in [0.1, 0.15) is 28.8 Å². The quantitative estimate of drug-likeness (QED) is 0.201. The molecule has 42 heavy (non-hydrogen) atoms. The molecule has 5 aromatic rings. The Morgan fingerprint density at radius 3 is 2.43 bits per heavy atom. The number of anilines is 1. The lowest BCUT2D eigenvalue weighted by Gasteiger charge is -2.12. The van der Waals surface area contributed by atoms with E-state index >= 15 is 0 Å². The van der Waals surface area contributed by atoms with Gasteiger partial charge >= 0.3 is 0 Å². The Bertz CT molecular complexity index is 1740. The van der Waals surface area contributed by atoms with Crippen molar-refractivity contribution in [1.82, 2.24) is 19.7 Å². The molecule has 11 heteroatoms. The Morgan fingerprint density at radius 1 is 0.976 bits per heavy atom. The minimum absolute atomic E-state index is 0.000978. The molecule has 3 heterocycles. The maximum absolute atomic E-state index is 14.9. The molecule has 0 saturated heterocycles. The molecular formula is C31H30FN5O5. The first-order chi connectivity index (χ1) is 20.3. The van der Waals surface area contributed by atoms with E-state index in [2.05, 4.69) is 20.4 Å². The second-order valence-electron chi connectivity index (χ2n) is 9.55. The van der Waals surface area contributed by atoms with Gasteiger partial charge < -0.3 is 24.3 Å². The normalized spacial score (nSPS) is 11.0. The lowest BCUT2D eigenvalue weighted by atomic mass is 10.0. The number of rotatable bonds is 10. The van der Waals surface area contributed by atoms with Gasteiger partial charge in [-0.2, -0.15) is 5.10 Å². The molecule has 2 aromatic carbocycles. The van der Waals surface area contributed by atoms with Crippen LogP contribution in [0, 0.1) is 5.82 Å². The van der Waals surface area contributed by atoms with Gasteiger partial charge in [-0.15, -0.1) is 0 Å². The van der Waals surface area contributed by atoms with Crippen molar-refractivity contribution >= 4 is 22.6 Å². The Kier molecular flexibility index (Phi) is 8.19. The molecule has 0 spiro atoms. The molecule has 0 saturated carbocycles. The van der Waals surface area contributed by atoms with E-state index < -0.39 is 11.7 Å². The van der Waals surface area contributed by atoms with Gasteiger partial charge in [0.2, 0.25) is 0 Å². The van der Waals surface area contributed by atoms with Crippen molar-refractivity contribution in [2.24, 2.45) is 0 Å². The first kappa shape index (κ1) is 28.3. The number of carbonyl (C=O) groups excluding carboxylic acids is 1. The van der Waals surface area contributed by atoms with E-state index in [1.807, 2.05) is 19.9 Å². The molecule has 0 aliphatic carbocycles. The number of amides is 1. The van der Waals surface area contributed by atoms with Crippen molar-refractivity contribution in [3.05, 3.63) is 84.2 Å². The largest absolute Gasteiger partial charge is 0.493 e. The molecule has 3 aromatic heterocycles. The third-order valence-corrected chi connectivity index (χ3v) is 6.49. The SMILES string of the molecule is CCOc1cn(-c2ccc(C(C)C)cc2F)nc1C(=O)Nc1ccc(Oc2ccnc3cc(OC)c(OC)cc23)cn1. The summed E-state index contributed by atoms with van der Waals surface area (Å²) < 4.78 is 38.6. The van der Waals surface area contributed by atoms with Crippen LogP contribution in [0.5, 0.6) is 28.7 Å². The van der Waals surface area contributed by atoms with E-state index in [9.17, 15) is 9.18 Å². The summed E-state index contributed by atoms with van der Waals surface area (Å²) >= 11 is 0. The van der Waals surface area contributed by atoms with E-state index in [0.717, 1.165) is 10.9 Å². The fourth-order valence-corrected chi connectivity index (χ4v) is 4.32. The molecule has 0 bridgehead atoms. The van der Waals surface area contributed by atoms with Crippen molar-refractivity contribution in [1.29, 1.82) is 0 Å². The van der Waals surface area contributed by atoms with Gasteiger partial charge in [-0.25, -0.2) is 14.1 Å². The monoisotopic (exact) mass is 571 g/mol. The number of hydrogen-bond acceptors (Lipinski definition) is 8. The summed E-state index contributed by atoms with van der Waals surface area (Å²) in [5.41, 5.74) is 1.74. The maximum Gasteiger partial charge on any atom is 0.281 e. The number of hydrogen-bond donors (Lipinski definition) is 1. The highest BCUT2D eigenvalue weighted by Gasteiger charge is 2.21. The summed E-state index contributed by atoms with van der Waals surface area (Å²) in [6.07, 6.45) is 4.60. The van der Waals surface area contributed by atoms with Crippen LogP contribution in [0.15, 0.2) is 67.1 Å². The molecule has 0 radical (unpaired) electrons. The van der Waals surface area contributed by atoms with Crippen LogP contribution < -0.4 is 24.3 Å². The van der Waals surface area contributed by atoms with Gasteiger partial charge in [0, 0.05) is 17.6 Å². The molecule has 5 rings (SSSR count). The summed E-state index contributed by atoms with van der Waals surface area (Å²) in [5.74, 6) is 1.74. The average molecular weight is 572 g/mol. The third-order valence-electron chi connectivity index (χ3n) is 6.49. The Balaban J connectivity index is 1.35. The Morgan fingerprint density at radius 2 is 1.76 bits per heavy atom. The van der Waals surface area contributed by atoms with Gasteiger partial charge in [0.25, 0.3) is 5.91 Å². The van der Waals surface area contributed by atoms with Crippen LogP contribution in [-0.2, 0) is 0 Å². The molecule has 0 aliphatic rings. The molecule has 0 aliphatic heterocycles.